The molecular weight excluding hydrogens is 621 g/mol. The molecule has 10 aromatic rings. The zero-order chi connectivity index (χ0) is 33.7. The Morgan fingerprint density at radius 2 is 0.941 bits per heavy atom. The van der Waals surface area contributed by atoms with Crippen molar-refractivity contribution in [3.05, 3.63) is 182 Å². The summed E-state index contributed by atoms with van der Waals surface area (Å²) in [5, 5.41) is 5.85. The SMILES string of the molecule is c1ccc(-c2cc(-c3ccccc3)nc(-c3cccc(-n4c5ccccc5c5ccc6c(-c7ccccc7)nc7ccccc7c6c54)c3)n2)cc1. The molecule has 0 unspecified atom stereocenters. The van der Waals surface area contributed by atoms with Gasteiger partial charge in [-0.1, -0.05) is 152 Å². The highest BCUT2D eigenvalue weighted by atomic mass is 15.0. The van der Waals surface area contributed by atoms with Crippen LogP contribution in [-0.4, -0.2) is 19.5 Å². The maximum atomic E-state index is 5.23. The summed E-state index contributed by atoms with van der Waals surface area (Å²) >= 11 is 0. The van der Waals surface area contributed by atoms with Gasteiger partial charge in [0, 0.05) is 54.9 Å². The van der Waals surface area contributed by atoms with Gasteiger partial charge in [-0.15, -0.1) is 0 Å². The van der Waals surface area contributed by atoms with Gasteiger partial charge in [0.15, 0.2) is 5.82 Å². The Balaban J connectivity index is 1.26. The molecule has 4 heteroatoms. The maximum Gasteiger partial charge on any atom is 0.160 e. The van der Waals surface area contributed by atoms with Crippen LogP contribution < -0.4 is 0 Å². The van der Waals surface area contributed by atoms with Gasteiger partial charge < -0.3 is 4.57 Å². The predicted molar refractivity (Wildman–Crippen MR) is 211 cm³/mol. The topological polar surface area (TPSA) is 43.6 Å². The van der Waals surface area contributed by atoms with E-state index in [-0.39, 0.29) is 0 Å². The molecule has 4 nitrogen and oxygen atoms in total. The van der Waals surface area contributed by atoms with Crippen LogP contribution in [0, 0.1) is 0 Å². The van der Waals surface area contributed by atoms with Crippen molar-refractivity contribution in [3.8, 4) is 50.8 Å². The first-order valence-corrected chi connectivity index (χ1v) is 17.2. The van der Waals surface area contributed by atoms with Crippen molar-refractivity contribution in [3.63, 3.8) is 0 Å². The lowest BCUT2D eigenvalue weighted by molar-refractivity contribution is 1.16. The molecule has 7 aromatic carbocycles. The summed E-state index contributed by atoms with van der Waals surface area (Å²) in [5.41, 5.74) is 11.2. The van der Waals surface area contributed by atoms with E-state index in [2.05, 4.69) is 174 Å². The van der Waals surface area contributed by atoms with Crippen molar-refractivity contribution in [2.24, 2.45) is 0 Å². The average Bonchev–Trinajstić information content (AvgIpc) is 3.56. The average molecular weight is 651 g/mol. The Morgan fingerprint density at radius 3 is 1.65 bits per heavy atom. The fourth-order valence-electron chi connectivity index (χ4n) is 7.45. The number of nitrogens with zero attached hydrogens (tertiary/aromatic N) is 4. The van der Waals surface area contributed by atoms with Crippen molar-refractivity contribution >= 4 is 43.5 Å². The molecule has 0 N–H and O–H groups in total. The van der Waals surface area contributed by atoms with E-state index in [1.165, 1.54) is 16.2 Å². The summed E-state index contributed by atoms with van der Waals surface area (Å²) in [6.45, 7) is 0. The van der Waals surface area contributed by atoms with Gasteiger partial charge >= 0.3 is 0 Å². The van der Waals surface area contributed by atoms with Crippen LogP contribution in [0.15, 0.2) is 182 Å². The molecule has 0 amide bonds. The van der Waals surface area contributed by atoms with Crippen LogP contribution >= 0.6 is 0 Å². The Labute approximate surface area is 295 Å². The van der Waals surface area contributed by atoms with Gasteiger partial charge in [-0.3, -0.25) is 0 Å². The van der Waals surface area contributed by atoms with Crippen LogP contribution in [-0.2, 0) is 0 Å². The second-order valence-corrected chi connectivity index (χ2v) is 12.8. The fraction of sp³-hybridized carbons (Fsp3) is 0. The van der Waals surface area contributed by atoms with Crippen molar-refractivity contribution in [1.29, 1.82) is 0 Å². The Kier molecular flexibility index (Phi) is 6.78. The number of hydrogen-bond donors (Lipinski definition) is 0. The first-order chi connectivity index (χ1) is 25.3. The molecule has 0 spiro atoms. The van der Waals surface area contributed by atoms with E-state index in [4.69, 9.17) is 15.0 Å². The molecule has 0 radical (unpaired) electrons. The Bertz CT molecular complexity index is 2840. The summed E-state index contributed by atoms with van der Waals surface area (Å²) in [6, 6.07) is 63.6. The summed E-state index contributed by atoms with van der Waals surface area (Å²) in [6.07, 6.45) is 0. The lowest BCUT2D eigenvalue weighted by atomic mass is 9.97. The van der Waals surface area contributed by atoms with Gasteiger partial charge in [-0.2, -0.15) is 0 Å². The second-order valence-electron chi connectivity index (χ2n) is 12.8. The zero-order valence-electron chi connectivity index (χ0n) is 27.6. The third-order valence-electron chi connectivity index (χ3n) is 9.77. The third-order valence-corrected chi connectivity index (χ3v) is 9.77. The Hall–Kier alpha value is -6.91. The van der Waals surface area contributed by atoms with Crippen LogP contribution in [0.2, 0.25) is 0 Å². The molecule has 238 valence electrons. The van der Waals surface area contributed by atoms with Crippen LogP contribution in [0.5, 0.6) is 0 Å². The highest BCUT2D eigenvalue weighted by Gasteiger charge is 2.20. The number of rotatable bonds is 5. The van der Waals surface area contributed by atoms with E-state index >= 15 is 0 Å². The van der Waals surface area contributed by atoms with E-state index in [1.54, 1.807) is 0 Å². The minimum absolute atomic E-state index is 0.684. The van der Waals surface area contributed by atoms with E-state index in [0.29, 0.717) is 5.82 Å². The smallest absolute Gasteiger partial charge is 0.160 e. The molecule has 0 fully saturated rings. The van der Waals surface area contributed by atoms with Gasteiger partial charge in [0.1, 0.15) is 0 Å². The fourth-order valence-corrected chi connectivity index (χ4v) is 7.45. The first kappa shape index (κ1) is 29.0. The number of pyridine rings is 1. The lowest BCUT2D eigenvalue weighted by Gasteiger charge is -2.15. The van der Waals surface area contributed by atoms with Gasteiger partial charge in [0.05, 0.1) is 33.6 Å². The second kappa shape index (κ2) is 11.9. The summed E-state index contributed by atoms with van der Waals surface area (Å²) < 4.78 is 2.41. The van der Waals surface area contributed by atoms with Crippen molar-refractivity contribution in [2.75, 3.05) is 0 Å². The summed E-state index contributed by atoms with van der Waals surface area (Å²) in [4.78, 5) is 15.5. The molecule has 0 aliphatic heterocycles. The number of para-hydroxylation sites is 2. The molecule has 0 atom stereocenters. The third kappa shape index (κ3) is 4.88. The monoisotopic (exact) mass is 650 g/mol. The number of hydrogen-bond acceptors (Lipinski definition) is 3. The van der Waals surface area contributed by atoms with Crippen LogP contribution in [0.1, 0.15) is 0 Å². The Morgan fingerprint density at radius 1 is 0.373 bits per heavy atom. The minimum atomic E-state index is 0.684. The maximum absolute atomic E-state index is 5.23. The normalized spacial score (nSPS) is 11.5. The molecule has 0 bridgehead atoms. The van der Waals surface area contributed by atoms with Crippen molar-refractivity contribution in [1.82, 2.24) is 19.5 Å². The number of aromatic nitrogens is 4. The highest BCUT2D eigenvalue weighted by molar-refractivity contribution is 6.26. The molecule has 3 heterocycles. The molecule has 0 aliphatic rings. The van der Waals surface area contributed by atoms with E-state index < -0.39 is 0 Å². The van der Waals surface area contributed by atoms with Crippen molar-refractivity contribution in [2.45, 2.75) is 0 Å². The molecule has 51 heavy (non-hydrogen) atoms. The molecule has 3 aromatic heterocycles. The van der Waals surface area contributed by atoms with E-state index in [1.807, 2.05) is 12.1 Å². The minimum Gasteiger partial charge on any atom is -0.309 e. The van der Waals surface area contributed by atoms with Crippen LogP contribution in [0.4, 0.5) is 0 Å². The standard InChI is InChI=1S/C47H30N4/c1-4-15-31(16-5-1)41-30-42(32-17-6-2-7-18-32)50-47(49-41)34-21-14-22-35(29-34)51-43-26-13-11-23-36(43)37-27-28-39-44(46(37)51)38-24-10-12-25-40(38)48-45(39)33-19-8-3-9-20-33/h1-30H. The molecular formula is C47H30N4. The largest absolute Gasteiger partial charge is 0.309 e. The van der Waals surface area contributed by atoms with E-state index in [9.17, 15) is 0 Å². The lowest BCUT2D eigenvalue weighted by Crippen LogP contribution is -1.99. The first-order valence-electron chi connectivity index (χ1n) is 17.2. The van der Waals surface area contributed by atoms with E-state index in [0.717, 1.165) is 72.3 Å². The van der Waals surface area contributed by atoms with Gasteiger partial charge in [-0.25, -0.2) is 15.0 Å². The van der Waals surface area contributed by atoms with Crippen molar-refractivity contribution < 1.29 is 0 Å². The van der Waals surface area contributed by atoms with Crippen LogP contribution in [0.25, 0.3) is 94.3 Å². The number of fused-ring (bicyclic) bond motifs is 7. The van der Waals surface area contributed by atoms with Gasteiger partial charge in [0.2, 0.25) is 0 Å². The highest BCUT2D eigenvalue weighted by Crippen LogP contribution is 2.42. The molecule has 0 saturated heterocycles. The molecule has 0 aliphatic carbocycles. The molecule has 0 saturated carbocycles. The summed E-state index contributed by atoms with van der Waals surface area (Å²) in [7, 11) is 0. The number of benzene rings is 7. The van der Waals surface area contributed by atoms with Gasteiger partial charge in [0.25, 0.3) is 0 Å². The quantitative estimate of drug-likeness (QED) is 0.174. The predicted octanol–water partition coefficient (Wildman–Crippen LogP) is 11.9. The van der Waals surface area contributed by atoms with Crippen LogP contribution in [0.3, 0.4) is 0 Å². The summed E-state index contributed by atoms with van der Waals surface area (Å²) in [5.74, 6) is 0.684. The van der Waals surface area contributed by atoms with Gasteiger partial charge in [-0.05, 0) is 30.3 Å². The molecule has 10 rings (SSSR count). The zero-order valence-corrected chi connectivity index (χ0v) is 27.6.